The maximum atomic E-state index is 13.6. The van der Waals surface area contributed by atoms with Gasteiger partial charge in [-0.25, -0.2) is 9.67 Å². The third kappa shape index (κ3) is 3.80. The van der Waals surface area contributed by atoms with E-state index in [9.17, 15) is 4.79 Å². The molecular weight excluding hydrogens is 414 g/mol. The first-order valence-electron chi connectivity index (χ1n) is 11.2. The first-order chi connectivity index (χ1) is 16.1. The zero-order chi connectivity index (χ0) is 22.9. The molecule has 1 aliphatic carbocycles. The number of hydrogen-bond acceptors (Lipinski definition) is 4. The number of carbonyl (C=O) groups is 1. The molecule has 1 amide bonds. The molecule has 1 unspecified atom stereocenters. The molecule has 7 heteroatoms. The molecule has 0 saturated heterocycles. The molecule has 1 aliphatic rings. The average Bonchev–Trinajstić information content (AvgIpc) is 3.55. The Kier molecular flexibility index (Phi) is 5.46. The predicted octanol–water partition coefficient (Wildman–Crippen LogP) is 3.93. The normalized spacial score (nSPS) is 13.5. The molecule has 5 rings (SSSR count). The van der Waals surface area contributed by atoms with Crippen LogP contribution in [0.15, 0.2) is 60.9 Å². The molecule has 1 atom stereocenters. The Morgan fingerprint density at radius 2 is 1.91 bits per heavy atom. The number of hydrogen-bond donors (Lipinski definition) is 1. The second kappa shape index (κ2) is 8.58. The summed E-state index contributed by atoms with van der Waals surface area (Å²) < 4.78 is 9.42. The van der Waals surface area contributed by atoms with Gasteiger partial charge in [-0.05, 0) is 44.4 Å². The van der Waals surface area contributed by atoms with Crippen LogP contribution < -0.4 is 10.1 Å². The number of ether oxygens (including phenoxy) is 1. The topological polar surface area (TPSA) is 74.0 Å². The number of para-hydroxylation sites is 1. The fourth-order valence-corrected chi connectivity index (χ4v) is 4.56. The number of benzene rings is 2. The standard InChI is InChI=1S/C26H27N5O2/c1-17-11-13-18(14-12-17)31-21-9-6-8-19(21)24(29-31)26(32)28-23(25-27-15-16-30(25)2)20-7-4-5-10-22(20)33-3/h4-5,7,10-16,23H,6,8-9H2,1-3H3,(H,28,32). The van der Waals surface area contributed by atoms with Gasteiger partial charge in [-0.3, -0.25) is 4.79 Å². The van der Waals surface area contributed by atoms with Crippen LogP contribution in [-0.2, 0) is 19.9 Å². The highest BCUT2D eigenvalue weighted by atomic mass is 16.5. The van der Waals surface area contributed by atoms with Gasteiger partial charge in [0.25, 0.3) is 5.91 Å². The van der Waals surface area contributed by atoms with Crippen LogP contribution in [0.2, 0.25) is 0 Å². The van der Waals surface area contributed by atoms with Gasteiger partial charge in [0.2, 0.25) is 0 Å². The van der Waals surface area contributed by atoms with Crippen molar-refractivity contribution < 1.29 is 9.53 Å². The number of carbonyl (C=O) groups excluding carboxylic acids is 1. The van der Waals surface area contributed by atoms with Crippen molar-refractivity contribution in [1.82, 2.24) is 24.6 Å². The summed E-state index contributed by atoms with van der Waals surface area (Å²) in [6, 6.07) is 15.4. The summed E-state index contributed by atoms with van der Waals surface area (Å²) in [5, 5.41) is 7.96. The Morgan fingerprint density at radius 3 is 2.64 bits per heavy atom. The van der Waals surface area contributed by atoms with Crippen molar-refractivity contribution in [1.29, 1.82) is 0 Å². The number of nitrogens with zero attached hydrogens (tertiary/aromatic N) is 4. The van der Waals surface area contributed by atoms with Gasteiger partial charge >= 0.3 is 0 Å². The lowest BCUT2D eigenvalue weighted by Crippen LogP contribution is -2.32. The first kappa shape index (κ1) is 21.0. The molecule has 1 N–H and O–H groups in total. The number of amides is 1. The monoisotopic (exact) mass is 441 g/mol. The van der Waals surface area contributed by atoms with E-state index in [0.29, 0.717) is 11.4 Å². The summed E-state index contributed by atoms with van der Waals surface area (Å²) in [5.41, 5.74) is 5.65. The summed E-state index contributed by atoms with van der Waals surface area (Å²) in [7, 11) is 3.55. The summed E-state index contributed by atoms with van der Waals surface area (Å²) in [6.07, 6.45) is 6.39. The minimum atomic E-state index is -0.477. The fourth-order valence-electron chi connectivity index (χ4n) is 4.56. The van der Waals surface area contributed by atoms with Gasteiger partial charge in [-0.15, -0.1) is 0 Å². The van der Waals surface area contributed by atoms with Gasteiger partial charge in [0.15, 0.2) is 5.69 Å². The number of rotatable bonds is 6. The summed E-state index contributed by atoms with van der Waals surface area (Å²) >= 11 is 0. The molecule has 168 valence electrons. The summed E-state index contributed by atoms with van der Waals surface area (Å²) in [6.45, 7) is 2.06. The smallest absolute Gasteiger partial charge is 0.272 e. The van der Waals surface area contributed by atoms with E-state index in [2.05, 4.69) is 29.4 Å². The zero-order valence-corrected chi connectivity index (χ0v) is 19.1. The number of nitrogens with one attached hydrogen (secondary N) is 1. The summed E-state index contributed by atoms with van der Waals surface area (Å²) in [5.74, 6) is 1.21. The Bertz CT molecular complexity index is 1300. The van der Waals surface area contributed by atoms with E-state index < -0.39 is 6.04 Å². The van der Waals surface area contributed by atoms with Gasteiger partial charge < -0.3 is 14.6 Å². The van der Waals surface area contributed by atoms with Crippen molar-refractivity contribution >= 4 is 5.91 Å². The molecule has 4 aromatic rings. The van der Waals surface area contributed by atoms with E-state index >= 15 is 0 Å². The van der Waals surface area contributed by atoms with Crippen LogP contribution in [0.3, 0.4) is 0 Å². The van der Waals surface area contributed by atoms with Crippen LogP contribution in [-0.4, -0.2) is 32.3 Å². The minimum Gasteiger partial charge on any atom is -0.496 e. The second-order valence-electron chi connectivity index (χ2n) is 8.42. The molecule has 2 aromatic heterocycles. The molecule has 7 nitrogen and oxygen atoms in total. The lowest BCUT2D eigenvalue weighted by atomic mass is 10.0. The molecule has 0 spiro atoms. The third-order valence-corrected chi connectivity index (χ3v) is 6.27. The van der Waals surface area contributed by atoms with Crippen molar-refractivity contribution in [2.45, 2.75) is 32.2 Å². The number of fused-ring (bicyclic) bond motifs is 1. The van der Waals surface area contributed by atoms with Crippen LogP contribution in [0.1, 0.15) is 51.2 Å². The van der Waals surface area contributed by atoms with E-state index in [1.54, 1.807) is 13.3 Å². The Morgan fingerprint density at radius 1 is 1.12 bits per heavy atom. The summed E-state index contributed by atoms with van der Waals surface area (Å²) in [4.78, 5) is 18.1. The van der Waals surface area contributed by atoms with Crippen molar-refractivity contribution in [2.24, 2.45) is 7.05 Å². The molecule has 2 aromatic carbocycles. The Labute approximate surface area is 193 Å². The van der Waals surface area contributed by atoms with Crippen molar-refractivity contribution in [3.05, 3.63) is 94.8 Å². The molecule has 2 heterocycles. The van der Waals surface area contributed by atoms with Crippen molar-refractivity contribution in [3.8, 4) is 11.4 Å². The second-order valence-corrected chi connectivity index (χ2v) is 8.42. The van der Waals surface area contributed by atoms with Crippen molar-refractivity contribution in [3.63, 3.8) is 0 Å². The van der Waals surface area contributed by atoms with E-state index in [0.717, 1.165) is 47.6 Å². The highest BCUT2D eigenvalue weighted by Gasteiger charge is 2.30. The van der Waals surface area contributed by atoms with Gasteiger partial charge in [-0.1, -0.05) is 35.9 Å². The SMILES string of the molecule is COc1ccccc1C(NC(=O)c1nn(-c2ccc(C)cc2)c2c1CCC2)c1nccn1C. The first-order valence-corrected chi connectivity index (χ1v) is 11.2. The van der Waals surface area contributed by atoms with Crippen LogP contribution in [0, 0.1) is 6.92 Å². The maximum absolute atomic E-state index is 13.6. The van der Waals surface area contributed by atoms with Gasteiger partial charge in [-0.2, -0.15) is 5.10 Å². The average molecular weight is 442 g/mol. The Hall–Kier alpha value is -3.87. The van der Waals surface area contributed by atoms with E-state index in [1.165, 1.54) is 5.56 Å². The van der Waals surface area contributed by atoms with Gasteiger partial charge in [0.05, 0.1) is 12.8 Å². The van der Waals surface area contributed by atoms with E-state index in [-0.39, 0.29) is 5.91 Å². The van der Waals surface area contributed by atoms with Crippen LogP contribution >= 0.6 is 0 Å². The largest absolute Gasteiger partial charge is 0.496 e. The van der Waals surface area contributed by atoms with E-state index in [4.69, 9.17) is 9.84 Å². The molecule has 0 aliphatic heterocycles. The molecule has 0 bridgehead atoms. The lowest BCUT2D eigenvalue weighted by Gasteiger charge is -2.21. The number of imidazole rings is 1. The fraction of sp³-hybridized carbons (Fsp3) is 0.269. The maximum Gasteiger partial charge on any atom is 0.272 e. The highest BCUT2D eigenvalue weighted by molar-refractivity contribution is 5.94. The molecule has 0 saturated carbocycles. The minimum absolute atomic E-state index is 0.210. The molecule has 33 heavy (non-hydrogen) atoms. The van der Waals surface area contributed by atoms with Gasteiger partial charge in [0.1, 0.15) is 17.6 Å². The molecular formula is C26H27N5O2. The van der Waals surface area contributed by atoms with Gasteiger partial charge in [0, 0.05) is 36.3 Å². The van der Waals surface area contributed by atoms with Crippen LogP contribution in [0.4, 0.5) is 0 Å². The molecule has 0 radical (unpaired) electrons. The number of methoxy groups -OCH3 is 1. The van der Waals surface area contributed by atoms with Crippen LogP contribution in [0.5, 0.6) is 5.75 Å². The molecule has 0 fully saturated rings. The lowest BCUT2D eigenvalue weighted by molar-refractivity contribution is 0.0934. The van der Waals surface area contributed by atoms with E-state index in [1.807, 2.05) is 58.9 Å². The zero-order valence-electron chi connectivity index (χ0n) is 19.1. The quantitative estimate of drug-likeness (QED) is 0.492. The number of aryl methyl sites for hydroxylation is 2. The van der Waals surface area contributed by atoms with Crippen LogP contribution in [0.25, 0.3) is 5.69 Å². The highest BCUT2D eigenvalue weighted by Crippen LogP contribution is 2.31. The Balaban J connectivity index is 1.54. The third-order valence-electron chi connectivity index (χ3n) is 6.27. The number of aromatic nitrogens is 4. The van der Waals surface area contributed by atoms with Crippen molar-refractivity contribution in [2.75, 3.05) is 7.11 Å². The predicted molar refractivity (Wildman–Crippen MR) is 126 cm³/mol.